The van der Waals surface area contributed by atoms with Crippen LogP contribution in [0.4, 0.5) is 0 Å². The van der Waals surface area contributed by atoms with Crippen LogP contribution in [0.3, 0.4) is 0 Å². The monoisotopic (exact) mass is 421 g/mol. The quantitative estimate of drug-likeness (QED) is 0.744. The topological polar surface area (TPSA) is 38.3 Å². The Hall–Kier alpha value is -1.56. The maximum absolute atomic E-state index is 12.0. The average Bonchev–Trinajstić information content (AvgIpc) is 2.55. The zero-order valence-corrected chi connectivity index (χ0v) is 15.1. The van der Waals surface area contributed by atoms with Gasteiger partial charge in [0.2, 0.25) is 5.91 Å². The normalized spacial score (nSPS) is 16.3. The summed E-state index contributed by atoms with van der Waals surface area (Å²) in [5.74, 6) is 1.56. The summed E-state index contributed by atoms with van der Waals surface area (Å²) in [4.78, 5) is 12.0. The Morgan fingerprint density at radius 3 is 2.87 bits per heavy atom. The first-order valence-corrected chi connectivity index (χ1v) is 9.03. The van der Waals surface area contributed by atoms with Crippen LogP contribution in [-0.2, 0) is 11.2 Å². The van der Waals surface area contributed by atoms with E-state index in [1.54, 1.807) is 0 Å². The Morgan fingerprint density at radius 1 is 1.22 bits per heavy atom. The Balaban J connectivity index is 1.51. The molecule has 4 heteroatoms. The van der Waals surface area contributed by atoms with Crippen molar-refractivity contribution in [3.63, 3.8) is 0 Å². The van der Waals surface area contributed by atoms with E-state index in [-0.39, 0.29) is 5.91 Å². The molecule has 1 aliphatic heterocycles. The molecule has 1 aliphatic rings. The summed E-state index contributed by atoms with van der Waals surface area (Å²) in [5, 5.41) is 3.04. The van der Waals surface area contributed by atoms with Crippen molar-refractivity contribution in [2.24, 2.45) is 0 Å². The molecule has 0 saturated heterocycles. The summed E-state index contributed by atoms with van der Waals surface area (Å²) in [6.45, 7) is 1.47. The van der Waals surface area contributed by atoms with Crippen LogP contribution in [0.5, 0.6) is 5.75 Å². The van der Waals surface area contributed by atoms with Crippen LogP contribution in [0.2, 0.25) is 0 Å². The van der Waals surface area contributed by atoms with Gasteiger partial charge in [-0.15, -0.1) is 0 Å². The maximum atomic E-state index is 12.0. The van der Waals surface area contributed by atoms with E-state index in [1.165, 1.54) is 9.13 Å². The molecule has 0 bridgehead atoms. The zero-order valence-electron chi connectivity index (χ0n) is 12.9. The first-order chi connectivity index (χ1) is 11.2. The van der Waals surface area contributed by atoms with Gasteiger partial charge in [0.05, 0.1) is 13.0 Å². The number of hydrogen-bond donors (Lipinski definition) is 1. The fraction of sp³-hybridized carbons (Fsp3) is 0.316. The number of nitrogens with one attached hydrogen (secondary N) is 1. The van der Waals surface area contributed by atoms with Crippen molar-refractivity contribution in [2.75, 3.05) is 13.2 Å². The van der Waals surface area contributed by atoms with Crippen LogP contribution < -0.4 is 10.1 Å². The molecule has 1 atom stereocenters. The Kier molecular flexibility index (Phi) is 5.54. The number of amides is 1. The third-order valence-corrected chi connectivity index (χ3v) is 4.83. The highest BCUT2D eigenvalue weighted by molar-refractivity contribution is 14.1. The van der Waals surface area contributed by atoms with Crippen LogP contribution in [0.1, 0.15) is 29.9 Å². The number of fused-ring (bicyclic) bond motifs is 1. The lowest BCUT2D eigenvalue weighted by molar-refractivity contribution is -0.120. The van der Waals surface area contributed by atoms with E-state index in [1.807, 2.05) is 30.3 Å². The van der Waals surface area contributed by atoms with Gasteiger partial charge in [0.1, 0.15) is 5.75 Å². The highest BCUT2D eigenvalue weighted by atomic mass is 127. The third kappa shape index (κ3) is 4.47. The van der Waals surface area contributed by atoms with Crippen LogP contribution in [0.25, 0.3) is 0 Å². The molecule has 0 aromatic heterocycles. The molecule has 0 aliphatic carbocycles. The molecule has 2 aromatic rings. The molecular weight excluding hydrogens is 401 g/mol. The summed E-state index contributed by atoms with van der Waals surface area (Å²) in [6, 6.07) is 16.2. The molecule has 23 heavy (non-hydrogen) atoms. The fourth-order valence-electron chi connectivity index (χ4n) is 2.97. The Labute approximate surface area is 150 Å². The van der Waals surface area contributed by atoms with E-state index in [4.69, 9.17) is 4.74 Å². The van der Waals surface area contributed by atoms with Crippen LogP contribution in [0, 0.1) is 3.57 Å². The SMILES string of the molecule is O=C(Cc1ccccc1)NCCC1CCOc2cc(I)ccc21. The number of carbonyl (C=O) groups is 1. The number of halogens is 1. The molecule has 3 nitrogen and oxygen atoms in total. The molecule has 1 N–H and O–H groups in total. The first-order valence-electron chi connectivity index (χ1n) is 7.95. The lowest BCUT2D eigenvalue weighted by atomic mass is 9.90. The Bertz CT molecular complexity index is 672. The van der Waals surface area contributed by atoms with E-state index >= 15 is 0 Å². The molecule has 1 amide bonds. The molecule has 1 unspecified atom stereocenters. The van der Waals surface area contributed by atoms with E-state index in [0.717, 1.165) is 30.8 Å². The maximum Gasteiger partial charge on any atom is 0.224 e. The zero-order chi connectivity index (χ0) is 16.1. The van der Waals surface area contributed by atoms with Gasteiger partial charge in [-0.1, -0.05) is 36.4 Å². The second-order valence-electron chi connectivity index (χ2n) is 5.82. The molecule has 0 saturated carbocycles. The molecule has 120 valence electrons. The van der Waals surface area contributed by atoms with Gasteiger partial charge in [-0.25, -0.2) is 0 Å². The fourth-order valence-corrected chi connectivity index (χ4v) is 3.43. The third-order valence-electron chi connectivity index (χ3n) is 4.16. The van der Waals surface area contributed by atoms with Crippen molar-refractivity contribution in [3.05, 3.63) is 63.2 Å². The van der Waals surface area contributed by atoms with E-state index in [9.17, 15) is 4.79 Å². The van der Waals surface area contributed by atoms with Crippen LogP contribution in [-0.4, -0.2) is 19.1 Å². The van der Waals surface area contributed by atoms with Crippen molar-refractivity contribution in [2.45, 2.75) is 25.2 Å². The molecule has 3 rings (SSSR count). The van der Waals surface area contributed by atoms with Gasteiger partial charge in [0.25, 0.3) is 0 Å². The van der Waals surface area contributed by atoms with Gasteiger partial charge in [-0.2, -0.15) is 0 Å². The van der Waals surface area contributed by atoms with E-state index < -0.39 is 0 Å². The minimum Gasteiger partial charge on any atom is -0.493 e. The minimum absolute atomic E-state index is 0.0890. The largest absolute Gasteiger partial charge is 0.493 e. The van der Waals surface area contributed by atoms with Gasteiger partial charge >= 0.3 is 0 Å². The van der Waals surface area contributed by atoms with E-state index in [2.05, 4.69) is 46.1 Å². The van der Waals surface area contributed by atoms with Gasteiger partial charge < -0.3 is 10.1 Å². The highest BCUT2D eigenvalue weighted by Gasteiger charge is 2.21. The van der Waals surface area contributed by atoms with Crippen molar-refractivity contribution < 1.29 is 9.53 Å². The lowest BCUT2D eigenvalue weighted by Gasteiger charge is -2.26. The number of rotatable bonds is 5. The summed E-state index contributed by atoms with van der Waals surface area (Å²) in [5.41, 5.74) is 2.32. The molecular formula is C19H20INO2. The number of benzene rings is 2. The minimum atomic E-state index is 0.0890. The molecule has 0 fully saturated rings. The summed E-state index contributed by atoms with van der Waals surface area (Å²) in [6.07, 6.45) is 2.42. The molecule has 0 spiro atoms. The number of ether oxygens (including phenoxy) is 1. The highest BCUT2D eigenvalue weighted by Crippen LogP contribution is 2.36. The summed E-state index contributed by atoms with van der Waals surface area (Å²) < 4.78 is 6.94. The summed E-state index contributed by atoms with van der Waals surface area (Å²) in [7, 11) is 0. The molecule has 0 radical (unpaired) electrons. The van der Waals surface area contributed by atoms with Crippen LogP contribution >= 0.6 is 22.6 Å². The predicted molar refractivity (Wildman–Crippen MR) is 99.8 cm³/mol. The summed E-state index contributed by atoms with van der Waals surface area (Å²) >= 11 is 2.30. The van der Waals surface area contributed by atoms with Gasteiger partial charge in [-0.05, 0) is 64.6 Å². The molecule has 1 heterocycles. The first kappa shape index (κ1) is 16.3. The van der Waals surface area contributed by atoms with Gasteiger partial charge in [-0.3, -0.25) is 4.79 Å². The second kappa shape index (κ2) is 7.81. The molecule has 2 aromatic carbocycles. The standard InChI is InChI=1S/C19H20INO2/c20-16-6-7-17-15(9-11-23-18(17)13-16)8-10-21-19(22)12-14-4-2-1-3-5-14/h1-7,13,15H,8-12H2,(H,21,22). The number of hydrogen-bond acceptors (Lipinski definition) is 2. The lowest BCUT2D eigenvalue weighted by Crippen LogP contribution is -2.28. The number of carbonyl (C=O) groups excluding carboxylic acids is 1. The van der Waals surface area contributed by atoms with Crippen LogP contribution in [0.15, 0.2) is 48.5 Å². The van der Waals surface area contributed by atoms with Crippen molar-refractivity contribution >= 4 is 28.5 Å². The Morgan fingerprint density at radius 2 is 2.04 bits per heavy atom. The van der Waals surface area contributed by atoms with Gasteiger partial charge in [0.15, 0.2) is 0 Å². The predicted octanol–water partition coefficient (Wildman–Crippen LogP) is 3.91. The average molecular weight is 421 g/mol. The van der Waals surface area contributed by atoms with Gasteiger partial charge in [0, 0.05) is 10.1 Å². The smallest absolute Gasteiger partial charge is 0.224 e. The van der Waals surface area contributed by atoms with E-state index in [0.29, 0.717) is 18.9 Å². The van der Waals surface area contributed by atoms with Crippen molar-refractivity contribution in [1.82, 2.24) is 5.32 Å². The second-order valence-corrected chi connectivity index (χ2v) is 7.06. The van der Waals surface area contributed by atoms with Crippen molar-refractivity contribution in [3.8, 4) is 5.75 Å². The van der Waals surface area contributed by atoms with Crippen molar-refractivity contribution in [1.29, 1.82) is 0 Å².